The lowest BCUT2D eigenvalue weighted by Crippen LogP contribution is -2.49. The van der Waals surface area contributed by atoms with E-state index >= 15 is 0 Å². The molecule has 1 aromatic heterocycles. The van der Waals surface area contributed by atoms with Crippen LogP contribution in [0.15, 0.2) is 53.5 Å². The standard InChI is InChI=1S/C25H27N3O6/c1-2-28-14-18(23(30)17-12-21-22(13-20(17)28)34-15-33-21)24(31)27-19(25(32)26-9-6-10-29)11-16-7-4-3-5-8-16/h3-5,7-8,12-14,19,29H,2,6,9-11,15H2,1H3,(H,26,32)(H,27,31). The normalized spacial score (nSPS) is 13.0. The van der Waals surface area contributed by atoms with Gasteiger partial charge in [0.2, 0.25) is 18.1 Å². The first kappa shape index (κ1) is 23.3. The second-order valence-electron chi connectivity index (χ2n) is 7.96. The van der Waals surface area contributed by atoms with Gasteiger partial charge in [-0.15, -0.1) is 0 Å². The summed E-state index contributed by atoms with van der Waals surface area (Å²) in [5.41, 5.74) is 0.988. The molecule has 0 bridgehead atoms. The van der Waals surface area contributed by atoms with Gasteiger partial charge in [0.05, 0.1) is 10.9 Å². The Bertz CT molecular complexity index is 1250. The van der Waals surface area contributed by atoms with Gasteiger partial charge in [-0.3, -0.25) is 14.4 Å². The second kappa shape index (κ2) is 10.4. The molecule has 34 heavy (non-hydrogen) atoms. The Morgan fingerprint density at radius 3 is 2.59 bits per heavy atom. The van der Waals surface area contributed by atoms with Gasteiger partial charge in [0.1, 0.15) is 11.6 Å². The number of aromatic nitrogens is 1. The third kappa shape index (κ3) is 4.89. The van der Waals surface area contributed by atoms with Gasteiger partial charge in [-0.05, 0) is 25.0 Å². The molecule has 0 saturated carbocycles. The molecule has 2 heterocycles. The van der Waals surface area contributed by atoms with E-state index in [0.29, 0.717) is 35.4 Å². The lowest BCUT2D eigenvalue weighted by atomic mass is 10.0. The molecule has 1 aliphatic heterocycles. The molecule has 3 N–H and O–H groups in total. The fourth-order valence-corrected chi connectivity index (χ4v) is 3.91. The number of benzene rings is 2. The molecule has 0 spiro atoms. The van der Waals surface area contributed by atoms with Crippen LogP contribution in [0.3, 0.4) is 0 Å². The molecule has 0 aliphatic carbocycles. The van der Waals surface area contributed by atoms with Crippen molar-refractivity contribution in [3.8, 4) is 11.5 Å². The summed E-state index contributed by atoms with van der Waals surface area (Å²) in [4.78, 5) is 39.3. The highest BCUT2D eigenvalue weighted by Crippen LogP contribution is 2.35. The Labute approximate surface area is 196 Å². The van der Waals surface area contributed by atoms with Crippen LogP contribution < -0.4 is 25.5 Å². The summed E-state index contributed by atoms with van der Waals surface area (Å²) >= 11 is 0. The van der Waals surface area contributed by atoms with Crippen LogP contribution in [0, 0.1) is 0 Å². The van der Waals surface area contributed by atoms with Crippen LogP contribution in [-0.2, 0) is 17.8 Å². The minimum absolute atomic E-state index is 0.0535. The molecular formula is C25H27N3O6. The number of ether oxygens (including phenoxy) is 2. The molecule has 1 atom stereocenters. The quantitative estimate of drug-likeness (QED) is 0.413. The van der Waals surface area contributed by atoms with Crippen molar-refractivity contribution < 1.29 is 24.2 Å². The third-order valence-electron chi connectivity index (χ3n) is 5.70. The number of carbonyl (C=O) groups is 2. The first-order valence-electron chi connectivity index (χ1n) is 11.2. The maximum absolute atomic E-state index is 13.3. The van der Waals surface area contributed by atoms with E-state index in [2.05, 4.69) is 10.6 Å². The summed E-state index contributed by atoms with van der Waals surface area (Å²) in [6, 6.07) is 11.7. The zero-order valence-electron chi connectivity index (χ0n) is 18.9. The topological polar surface area (TPSA) is 119 Å². The summed E-state index contributed by atoms with van der Waals surface area (Å²) in [5, 5.41) is 14.8. The molecule has 9 heteroatoms. The van der Waals surface area contributed by atoms with Gasteiger partial charge < -0.3 is 29.8 Å². The van der Waals surface area contributed by atoms with Crippen LogP contribution in [-0.4, -0.2) is 47.5 Å². The maximum atomic E-state index is 13.3. The Balaban J connectivity index is 1.65. The minimum atomic E-state index is -0.893. The highest BCUT2D eigenvalue weighted by Gasteiger charge is 2.25. The number of nitrogens with one attached hydrogen (secondary N) is 2. The van der Waals surface area contributed by atoms with Gasteiger partial charge in [-0.25, -0.2) is 0 Å². The molecular weight excluding hydrogens is 438 g/mol. The predicted molar refractivity (Wildman–Crippen MR) is 126 cm³/mol. The number of carbonyl (C=O) groups excluding carboxylic acids is 2. The molecule has 0 saturated heterocycles. The zero-order valence-corrected chi connectivity index (χ0v) is 18.9. The molecule has 2 aromatic carbocycles. The number of amides is 2. The highest BCUT2D eigenvalue weighted by atomic mass is 16.7. The molecule has 1 aliphatic rings. The van der Waals surface area contributed by atoms with Crippen LogP contribution in [0.1, 0.15) is 29.3 Å². The smallest absolute Gasteiger partial charge is 0.257 e. The van der Waals surface area contributed by atoms with Crippen LogP contribution in [0.4, 0.5) is 0 Å². The molecule has 0 radical (unpaired) electrons. The summed E-state index contributed by atoms with van der Waals surface area (Å²) in [7, 11) is 0. The van der Waals surface area contributed by atoms with Gasteiger partial charge in [0.25, 0.3) is 5.91 Å². The number of hydrogen-bond donors (Lipinski definition) is 3. The first-order chi connectivity index (χ1) is 16.5. The van der Waals surface area contributed by atoms with Crippen molar-refractivity contribution in [3.63, 3.8) is 0 Å². The maximum Gasteiger partial charge on any atom is 0.257 e. The lowest BCUT2D eigenvalue weighted by Gasteiger charge is -2.19. The first-order valence-corrected chi connectivity index (χ1v) is 11.2. The predicted octanol–water partition coefficient (Wildman–Crippen LogP) is 1.59. The number of fused-ring (bicyclic) bond motifs is 2. The summed E-state index contributed by atoms with van der Waals surface area (Å²) in [6.07, 6.45) is 2.16. The van der Waals surface area contributed by atoms with Crippen molar-refractivity contribution in [2.24, 2.45) is 0 Å². The number of aryl methyl sites for hydroxylation is 1. The minimum Gasteiger partial charge on any atom is -0.454 e. The van der Waals surface area contributed by atoms with E-state index in [1.165, 1.54) is 6.20 Å². The monoisotopic (exact) mass is 465 g/mol. The Kier molecular flexibility index (Phi) is 7.12. The molecule has 2 amide bonds. The lowest BCUT2D eigenvalue weighted by molar-refractivity contribution is -0.123. The van der Waals surface area contributed by atoms with Crippen molar-refractivity contribution in [1.29, 1.82) is 0 Å². The third-order valence-corrected chi connectivity index (χ3v) is 5.70. The van der Waals surface area contributed by atoms with Crippen molar-refractivity contribution in [1.82, 2.24) is 15.2 Å². The van der Waals surface area contributed by atoms with Gasteiger partial charge >= 0.3 is 0 Å². The van der Waals surface area contributed by atoms with Crippen molar-refractivity contribution in [2.75, 3.05) is 19.9 Å². The van der Waals surface area contributed by atoms with Crippen molar-refractivity contribution in [3.05, 3.63) is 70.0 Å². The van der Waals surface area contributed by atoms with Crippen molar-refractivity contribution in [2.45, 2.75) is 32.4 Å². The molecule has 1 unspecified atom stereocenters. The Hall–Kier alpha value is -3.85. The summed E-state index contributed by atoms with van der Waals surface area (Å²) in [5.74, 6) is -0.0144. The summed E-state index contributed by atoms with van der Waals surface area (Å²) in [6.45, 7) is 2.73. The van der Waals surface area contributed by atoms with E-state index in [9.17, 15) is 14.4 Å². The zero-order chi connectivity index (χ0) is 24.1. The van der Waals surface area contributed by atoms with E-state index < -0.39 is 17.4 Å². The van der Waals surface area contributed by atoms with Crippen molar-refractivity contribution >= 4 is 22.7 Å². The molecule has 4 rings (SSSR count). The van der Waals surface area contributed by atoms with Gasteiger partial charge in [0, 0.05) is 38.4 Å². The molecule has 3 aromatic rings. The Morgan fingerprint density at radius 1 is 1.15 bits per heavy atom. The van der Waals surface area contributed by atoms with Gasteiger partial charge in [-0.1, -0.05) is 30.3 Å². The molecule has 9 nitrogen and oxygen atoms in total. The largest absolute Gasteiger partial charge is 0.454 e. The van der Waals surface area contributed by atoms with Crippen LogP contribution in [0.5, 0.6) is 11.5 Å². The van der Waals surface area contributed by atoms with E-state index in [4.69, 9.17) is 14.6 Å². The number of hydrogen-bond acceptors (Lipinski definition) is 6. The van der Waals surface area contributed by atoms with Crippen LogP contribution in [0.2, 0.25) is 0 Å². The number of rotatable bonds is 9. The van der Waals surface area contributed by atoms with Crippen LogP contribution >= 0.6 is 0 Å². The fraction of sp³-hybridized carbons (Fsp3) is 0.320. The van der Waals surface area contributed by atoms with E-state index in [1.807, 2.05) is 37.3 Å². The highest BCUT2D eigenvalue weighted by molar-refractivity contribution is 6.00. The van der Waals surface area contributed by atoms with E-state index in [0.717, 1.165) is 5.56 Å². The summed E-state index contributed by atoms with van der Waals surface area (Å²) < 4.78 is 12.6. The number of aliphatic hydroxyl groups excluding tert-OH is 1. The number of aliphatic hydroxyl groups is 1. The number of nitrogens with zero attached hydrogens (tertiary/aromatic N) is 1. The fourth-order valence-electron chi connectivity index (χ4n) is 3.91. The van der Waals surface area contributed by atoms with Crippen LogP contribution in [0.25, 0.3) is 10.9 Å². The molecule has 178 valence electrons. The van der Waals surface area contributed by atoms with Gasteiger partial charge in [-0.2, -0.15) is 0 Å². The van der Waals surface area contributed by atoms with E-state index in [-0.39, 0.29) is 37.8 Å². The average Bonchev–Trinajstić information content (AvgIpc) is 3.31. The second-order valence-corrected chi connectivity index (χ2v) is 7.96. The van der Waals surface area contributed by atoms with Gasteiger partial charge in [0.15, 0.2) is 11.5 Å². The Morgan fingerprint density at radius 2 is 1.88 bits per heavy atom. The van der Waals surface area contributed by atoms with E-state index in [1.54, 1.807) is 16.7 Å². The molecule has 0 fully saturated rings. The SMILES string of the molecule is CCn1cc(C(=O)NC(Cc2ccccc2)C(=O)NCCCO)c(=O)c2cc3c(cc21)OCO3. The average molecular weight is 466 g/mol. The number of pyridine rings is 1.